The predicted molar refractivity (Wildman–Crippen MR) is 70.1 cm³/mol. The monoisotopic (exact) mass is 229 g/mol. The van der Waals surface area contributed by atoms with E-state index in [1.54, 1.807) is 0 Å². The summed E-state index contributed by atoms with van der Waals surface area (Å²) in [6, 6.07) is 10.1. The first-order valence-electron chi connectivity index (χ1n) is 6.11. The second kappa shape index (κ2) is 4.77. The van der Waals surface area contributed by atoms with Gasteiger partial charge in [0.25, 0.3) is 0 Å². The van der Waals surface area contributed by atoms with E-state index in [1.807, 2.05) is 24.3 Å². The van der Waals surface area contributed by atoms with Crippen molar-refractivity contribution < 1.29 is 0 Å². The maximum atomic E-state index is 9.16. The average molecular weight is 229 g/mol. The third kappa shape index (κ3) is 2.78. The van der Waals surface area contributed by atoms with Gasteiger partial charge in [-0.05, 0) is 38.9 Å². The molecule has 3 nitrogen and oxygen atoms in total. The molecule has 0 unspecified atom stereocenters. The van der Waals surface area contributed by atoms with Crippen LogP contribution in [0.3, 0.4) is 0 Å². The Morgan fingerprint density at radius 1 is 1.35 bits per heavy atom. The van der Waals surface area contributed by atoms with Gasteiger partial charge in [0, 0.05) is 18.6 Å². The second-order valence-corrected chi connectivity index (χ2v) is 5.21. The van der Waals surface area contributed by atoms with Crippen LogP contribution in [0.5, 0.6) is 0 Å². The summed E-state index contributed by atoms with van der Waals surface area (Å²) in [7, 11) is 0. The van der Waals surface area contributed by atoms with Crippen molar-refractivity contribution in [3.05, 3.63) is 29.8 Å². The lowest BCUT2D eigenvalue weighted by Crippen LogP contribution is -2.46. The summed E-state index contributed by atoms with van der Waals surface area (Å²) in [6.45, 7) is 7.40. The summed E-state index contributed by atoms with van der Waals surface area (Å²) in [5, 5.41) is 12.7. The Morgan fingerprint density at radius 3 is 2.88 bits per heavy atom. The lowest BCUT2D eigenvalue weighted by atomic mass is 10.0. The Hall–Kier alpha value is -1.53. The molecule has 1 aliphatic rings. The number of anilines is 1. The highest BCUT2D eigenvalue weighted by Gasteiger charge is 2.25. The topological polar surface area (TPSA) is 39.1 Å². The molecule has 1 heterocycles. The molecule has 1 aliphatic heterocycles. The number of rotatable bonds is 1. The quantitative estimate of drug-likeness (QED) is 0.802. The van der Waals surface area contributed by atoms with Gasteiger partial charge >= 0.3 is 0 Å². The van der Waals surface area contributed by atoms with Crippen molar-refractivity contribution in [3.63, 3.8) is 0 Å². The third-order valence-electron chi connectivity index (χ3n) is 3.16. The van der Waals surface area contributed by atoms with Gasteiger partial charge in [0.05, 0.1) is 11.3 Å². The number of nitriles is 1. The van der Waals surface area contributed by atoms with E-state index in [-0.39, 0.29) is 5.54 Å². The van der Waals surface area contributed by atoms with Crippen molar-refractivity contribution in [2.24, 2.45) is 0 Å². The fraction of sp³-hybridized carbons (Fsp3) is 0.500. The van der Waals surface area contributed by atoms with Crippen molar-refractivity contribution in [1.29, 1.82) is 5.26 Å². The molecule has 1 N–H and O–H groups in total. The maximum Gasteiger partial charge on any atom is 0.101 e. The smallest absolute Gasteiger partial charge is 0.101 e. The molecule has 3 heteroatoms. The minimum absolute atomic E-state index is 0.0963. The summed E-state index contributed by atoms with van der Waals surface area (Å²) >= 11 is 0. The maximum absolute atomic E-state index is 9.16. The minimum atomic E-state index is 0.0963. The molecular formula is C14H19N3. The van der Waals surface area contributed by atoms with Crippen LogP contribution in [0.1, 0.15) is 25.8 Å². The van der Waals surface area contributed by atoms with E-state index in [0.29, 0.717) is 0 Å². The van der Waals surface area contributed by atoms with Crippen molar-refractivity contribution in [2.75, 3.05) is 24.5 Å². The van der Waals surface area contributed by atoms with Gasteiger partial charge < -0.3 is 10.2 Å². The highest BCUT2D eigenvalue weighted by Crippen LogP contribution is 2.23. The van der Waals surface area contributed by atoms with Gasteiger partial charge in [0.2, 0.25) is 0 Å². The van der Waals surface area contributed by atoms with E-state index < -0.39 is 0 Å². The van der Waals surface area contributed by atoms with Crippen molar-refractivity contribution in [2.45, 2.75) is 25.8 Å². The molecule has 1 fully saturated rings. The van der Waals surface area contributed by atoms with Crippen LogP contribution in [0, 0.1) is 11.3 Å². The number of benzene rings is 1. The molecule has 2 rings (SSSR count). The zero-order chi connectivity index (χ0) is 12.3. The SMILES string of the molecule is CC1(C)CN(c2ccccc2C#N)CCCN1. The van der Waals surface area contributed by atoms with Crippen LogP contribution in [0.2, 0.25) is 0 Å². The van der Waals surface area contributed by atoms with Gasteiger partial charge in [-0.2, -0.15) is 5.26 Å². The first-order valence-corrected chi connectivity index (χ1v) is 6.11. The van der Waals surface area contributed by atoms with Crippen molar-refractivity contribution in [1.82, 2.24) is 5.32 Å². The lowest BCUT2D eigenvalue weighted by molar-refractivity contribution is 0.416. The van der Waals surface area contributed by atoms with Crippen LogP contribution in [0.15, 0.2) is 24.3 Å². The van der Waals surface area contributed by atoms with Crippen LogP contribution in [0.4, 0.5) is 5.69 Å². The Bertz CT molecular complexity index is 431. The third-order valence-corrected chi connectivity index (χ3v) is 3.16. The lowest BCUT2D eigenvalue weighted by Gasteiger charge is -2.31. The van der Waals surface area contributed by atoms with Gasteiger partial charge in [-0.3, -0.25) is 0 Å². The molecule has 1 aromatic carbocycles. The first kappa shape index (κ1) is 11.9. The largest absolute Gasteiger partial charge is 0.369 e. The Labute approximate surface area is 103 Å². The summed E-state index contributed by atoms with van der Waals surface area (Å²) in [4.78, 5) is 2.32. The predicted octanol–water partition coefficient (Wildman–Crippen LogP) is 2.14. The van der Waals surface area contributed by atoms with Gasteiger partial charge in [-0.25, -0.2) is 0 Å². The molecule has 0 spiro atoms. The van der Waals surface area contributed by atoms with Crippen LogP contribution in [-0.2, 0) is 0 Å². The summed E-state index contributed by atoms with van der Waals surface area (Å²) in [5.41, 5.74) is 1.93. The van der Waals surface area contributed by atoms with Crippen LogP contribution < -0.4 is 10.2 Å². The minimum Gasteiger partial charge on any atom is -0.369 e. The molecule has 0 amide bonds. The normalized spacial score (nSPS) is 19.5. The molecule has 1 aromatic rings. The molecule has 0 aromatic heterocycles. The zero-order valence-corrected chi connectivity index (χ0v) is 10.5. The fourth-order valence-electron chi connectivity index (χ4n) is 2.36. The number of nitrogens with one attached hydrogen (secondary N) is 1. The molecule has 0 radical (unpaired) electrons. The van der Waals surface area contributed by atoms with E-state index in [9.17, 15) is 0 Å². The number of para-hydroxylation sites is 1. The molecule has 0 bridgehead atoms. The summed E-state index contributed by atoms with van der Waals surface area (Å²) in [6.07, 6.45) is 1.11. The highest BCUT2D eigenvalue weighted by molar-refractivity contribution is 5.59. The molecular weight excluding hydrogens is 210 g/mol. The van der Waals surface area contributed by atoms with Gasteiger partial charge in [0.15, 0.2) is 0 Å². The summed E-state index contributed by atoms with van der Waals surface area (Å²) < 4.78 is 0. The van der Waals surface area contributed by atoms with Gasteiger partial charge in [-0.1, -0.05) is 12.1 Å². The summed E-state index contributed by atoms with van der Waals surface area (Å²) in [5.74, 6) is 0. The van der Waals surface area contributed by atoms with Gasteiger partial charge in [-0.15, -0.1) is 0 Å². The van der Waals surface area contributed by atoms with E-state index in [2.05, 4.69) is 30.1 Å². The number of hydrogen-bond acceptors (Lipinski definition) is 3. The first-order chi connectivity index (χ1) is 8.12. The van der Waals surface area contributed by atoms with Crippen molar-refractivity contribution in [3.8, 4) is 6.07 Å². The van der Waals surface area contributed by atoms with Crippen LogP contribution in [0.25, 0.3) is 0 Å². The van der Waals surface area contributed by atoms with Crippen molar-refractivity contribution >= 4 is 5.69 Å². The molecule has 90 valence electrons. The second-order valence-electron chi connectivity index (χ2n) is 5.21. The standard InChI is InChI=1S/C14H19N3/c1-14(2)11-17(9-5-8-16-14)13-7-4-3-6-12(13)10-15/h3-4,6-7,16H,5,8-9,11H2,1-2H3. The highest BCUT2D eigenvalue weighted by atomic mass is 15.2. The number of hydrogen-bond donors (Lipinski definition) is 1. The molecule has 0 aliphatic carbocycles. The van der Waals surface area contributed by atoms with E-state index in [4.69, 9.17) is 5.26 Å². The fourth-order valence-corrected chi connectivity index (χ4v) is 2.36. The van der Waals surface area contributed by atoms with E-state index >= 15 is 0 Å². The zero-order valence-electron chi connectivity index (χ0n) is 10.5. The van der Waals surface area contributed by atoms with Crippen LogP contribution in [-0.4, -0.2) is 25.2 Å². The Kier molecular flexibility index (Phi) is 3.35. The molecule has 0 saturated carbocycles. The van der Waals surface area contributed by atoms with E-state index in [1.165, 1.54) is 0 Å². The molecule has 0 atom stereocenters. The molecule has 17 heavy (non-hydrogen) atoms. The Balaban J connectivity index is 2.29. The average Bonchev–Trinajstić information content (AvgIpc) is 2.50. The van der Waals surface area contributed by atoms with Gasteiger partial charge in [0.1, 0.15) is 6.07 Å². The molecule has 1 saturated heterocycles. The van der Waals surface area contributed by atoms with Crippen LogP contribution >= 0.6 is 0 Å². The number of nitrogens with zero attached hydrogens (tertiary/aromatic N) is 2. The van der Waals surface area contributed by atoms with E-state index in [0.717, 1.165) is 37.3 Å². The Morgan fingerprint density at radius 2 is 2.12 bits per heavy atom.